The van der Waals surface area contributed by atoms with E-state index >= 15 is 0 Å². The van der Waals surface area contributed by atoms with Gasteiger partial charge in [0, 0.05) is 17.1 Å². The lowest BCUT2D eigenvalue weighted by Crippen LogP contribution is -1.94. The molecule has 4 heteroatoms. The van der Waals surface area contributed by atoms with Gasteiger partial charge in [0.25, 0.3) is 0 Å². The van der Waals surface area contributed by atoms with Crippen LogP contribution in [0.5, 0.6) is 5.75 Å². The third-order valence-corrected chi connectivity index (χ3v) is 2.75. The van der Waals surface area contributed by atoms with E-state index in [0.717, 1.165) is 28.0 Å². The highest BCUT2D eigenvalue weighted by molar-refractivity contribution is 5.83. The Morgan fingerprint density at radius 3 is 3.17 bits per heavy atom. The predicted molar refractivity (Wildman–Crippen MR) is 71.2 cm³/mol. The van der Waals surface area contributed by atoms with Crippen LogP contribution in [-0.2, 0) is 0 Å². The number of nitrogens with zero attached hydrogens (tertiary/aromatic N) is 1. The number of methoxy groups -OCH3 is 1. The Balaban J connectivity index is 1.95. The van der Waals surface area contributed by atoms with Crippen molar-refractivity contribution in [3.05, 3.63) is 48.7 Å². The first kappa shape index (κ1) is 10.7. The van der Waals surface area contributed by atoms with E-state index in [-0.39, 0.29) is 0 Å². The van der Waals surface area contributed by atoms with Crippen molar-refractivity contribution in [1.29, 1.82) is 0 Å². The van der Waals surface area contributed by atoms with E-state index in [2.05, 4.69) is 21.6 Å². The van der Waals surface area contributed by atoms with Gasteiger partial charge < -0.3 is 10.1 Å². The second kappa shape index (κ2) is 4.41. The van der Waals surface area contributed by atoms with Crippen molar-refractivity contribution in [1.82, 2.24) is 10.2 Å². The number of rotatable bonds is 3. The number of nitrogens with one attached hydrogen (secondary N) is 2. The molecule has 3 rings (SSSR count). The van der Waals surface area contributed by atoms with Gasteiger partial charge in [-0.3, -0.25) is 5.10 Å². The number of ether oxygens (including phenoxy) is 1. The second-order valence-corrected chi connectivity index (χ2v) is 3.91. The minimum atomic E-state index is 0.768. The zero-order valence-corrected chi connectivity index (χ0v) is 9.90. The summed E-state index contributed by atoms with van der Waals surface area (Å²) < 4.78 is 5.28. The number of H-pyrrole nitrogens is 1. The molecule has 0 saturated heterocycles. The first-order valence-electron chi connectivity index (χ1n) is 5.61. The molecule has 4 nitrogen and oxygen atoms in total. The van der Waals surface area contributed by atoms with Crippen molar-refractivity contribution in [3.63, 3.8) is 0 Å². The van der Waals surface area contributed by atoms with E-state index in [1.165, 1.54) is 0 Å². The minimum Gasteiger partial charge on any atom is -0.495 e. The van der Waals surface area contributed by atoms with Gasteiger partial charge in [-0.2, -0.15) is 5.10 Å². The number of fused-ring (bicyclic) bond motifs is 1. The summed E-state index contributed by atoms with van der Waals surface area (Å²) in [7, 11) is 1.65. The van der Waals surface area contributed by atoms with Crippen LogP contribution in [0.4, 0.5) is 11.4 Å². The van der Waals surface area contributed by atoms with Crippen molar-refractivity contribution in [3.8, 4) is 5.75 Å². The lowest BCUT2D eigenvalue weighted by Gasteiger charge is -2.10. The largest absolute Gasteiger partial charge is 0.495 e. The van der Waals surface area contributed by atoms with Crippen LogP contribution in [0.15, 0.2) is 42.6 Å². The fourth-order valence-corrected chi connectivity index (χ4v) is 1.85. The average molecular weight is 238 g/mol. The van der Waals surface area contributed by atoms with Crippen LogP contribution in [0.3, 0.4) is 0 Å². The van der Waals surface area contributed by atoms with Crippen molar-refractivity contribution in [2.75, 3.05) is 12.4 Å². The maximum atomic E-state index is 5.28. The number of benzene rings is 2. The van der Waals surface area contributed by atoms with E-state index in [9.17, 15) is 0 Å². The molecule has 0 bridgehead atoms. The molecule has 0 saturated carbocycles. The molecular weight excluding hydrogens is 226 g/mol. The maximum absolute atomic E-state index is 5.28. The molecule has 0 amide bonds. The number of para-hydroxylation sites is 1. The molecular formula is C14H12N3O. The summed E-state index contributed by atoms with van der Waals surface area (Å²) in [4.78, 5) is 0. The monoisotopic (exact) mass is 238 g/mol. The molecule has 1 aromatic heterocycles. The van der Waals surface area contributed by atoms with Gasteiger partial charge in [-0.1, -0.05) is 12.1 Å². The van der Waals surface area contributed by atoms with Crippen LogP contribution in [0.1, 0.15) is 0 Å². The first-order valence-corrected chi connectivity index (χ1v) is 5.61. The molecule has 0 aliphatic carbocycles. The van der Waals surface area contributed by atoms with Gasteiger partial charge in [0.1, 0.15) is 5.75 Å². The molecule has 2 aromatic carbocycles. The Morgan fingerprint density at radius 2 is 2.28 bits per heavy atom. The Hall–Kier alpha value is -2.49. The Bertz CT molecular complexity index is 675. The Labute approximate surface area is 105 Å². The first-order chi connectivity index (χ1) is 8.86. The van der Waals surface area contributed by atoms with E-state index < -0.39 is 0 Å². The number of hydrogen-bond donors (Lipinski definition) is 2. The third-order valence-electron chi connectivity index (χ3n) is 2.75. The highest BCUT2D eigenvalue weighted by Gasteiger charge is 2.03. The normalized spacial score (nSPS) is 10.5. The smallest absolute Gasteiger partial charge is 0.142 e. The van der Waals surface area contributed by atoms with E-state index in [1.807, 2.05) is 36.4 Å². The van der Waals surface area contributed by atoms with Gasteiger partial charge in [0.2, 0.25) is 0 Å². The lowest BCUT2D eigenvalue weighted by molar-refractivity contribution is 0.417. The molecule has 1 heterocycles. The molecule has 89 valence electrons. The molecule has 0 aliphatic heterocycles. The minimum absolute atomic E-state index is 0.768. The van der Waals surface area contributed by atoms with Crippen molar-refractivity contribution >= 4 is 22.3 Å². The summed E-state index contributed by atoms with van der Waals surface area (Å²) in [6.07, 6.45) is 1.80. The van der Waals surface area contributed by atoms with Crippen LogP contribution in [0.25, 0.3) is 10.9 Å². The van der Waals surface area contributed by atoms with E-state index in [4.69, 9.17) is 4.74 Å². The van der Waals surface area contributed by atoms with Gasteiger partial charge in [-0.05, 0) is 24.3 Å². The highest BCUT2D eigenvalue weighted by Crippen LogP contribution is 2.27. The fourth-order valence-electron chi connectivity index (χ4n) is 1.85. The zero-order chi connectivity index (χ0) is 12.4. The van der Waals surface area contributed by atoms with Crippen molar-refractivity contribution in [2.45, 2.75) is 0 Å². The van der Waals surface area contributed by atoms with Gasteiger partial charge in [0.15, 0.2) is 0 Å². The van der Waals surface area contributed by atoms with Gasteiger partial charge in [0.05, 0.1) is 24.5 Å². The standard InChI is InChI=1S/C14H12N3O/c1-18-14-5-3-2-4-13(14)16-11-6-7-12-10(8-11)9-15-17-12/h2-3,5-9,16H,1H3,(H,15,17). The van der Waals surface area contributed by atoms with Crippen LogP contribution in [0.2, 0.25) is 0 Å². The van der Waals surface area contributed by atoms with Gasteiger partial charge >= 0.3 is 0 Å². The van der Waals surface area contributed by atoms with Gasteiger partial charge in [-0.15, -0.1) is 0 Å². The van der Waals surface area contributed by atoms with Crippen LogP contribution in [-0.4, -0.2) is 17.3 Å². The summed E-state index contributed by atoms with van der Waals surface area (Å²) in [5.74, 6) is 0.768. The van der Waals surface area contributed by atoms with Crippen LogP contribution < -0.4 is 10.1 Å². The molecule has 0 spiro atoms. The Morgan fingerprint density at radius 1 is 1.33 bits per heavy atom. The van der Waals surface area contributed by atoms with Crippen molar-refractivity contribution < 1.29 is 4.74 Å². The molecule has 18 heavy (non-hydrogen) atoms. The fraction of sp³-hybridized carbons (Fsp3) is 0.0714. The summed E-state index contributed by atoms with van der Waals surface area (Å²) in [6.45, 7) is 0. The summed E-state index contributed by atoms with van der Waals surface area (Å²) >= 11 is 0. The lowest BCUT2D eigenvalue weighted by atomic mass is 10.2. The van der Waals surface area contributed by atoms with E-state index in [0.29, 0.717) is 0 Å². The number of aromatic amines is 1. The van der Waals surface area contributed by atoms with Crippen LogP contribution >= 0.6 is 0 Å². The zero-order valence-electron chi connectivity index (χ0n) is 9.90. The topological polar surface area (TPSA) is 49.9 Å². The summed E-state index contributed by atoms with van der Waals surface area (Å²) in [5, 5.41) is 11.3. The molecule has 1 radical (unpaired) electrons. The molecule has 0 fully saturated rings. The predicted octanol–water partition coefficient (Wildman–Crippen LogP) is 3.12. The third kappa shape index (κ3) is 1.88. The number of aromatic nitrogens is 2. The van der Waals surface area contributed by atoms with Crippen LogP contribution in [0, 0.1) is 6.07 Å². The Kier molecular flexibility index (Phi) is 2.61. The molecule has 2 N–H and O–H groups in total. The number of anilines is 2. The summed E-state index contributed by atoms with van der Waals surface area (Å²) in [5.41, 5.74) is 2.82. The molecule has 0 aliphatic rings. The highest BCUT2D eigenvalue weighted by atomic mass is 16.5. The quantitative estimate of drug-likeness (QED) is 0.737. The van der Waals surface area contributed by atoms with Gasteiger partial charge in [-0.25, -0.2) is 0 Å². The summed E-state index contributed by atoms with van der Waals surface area (Å²) in [6, 6.07) is 14.8. The molecule has 0 unspecified atom stereocenters. The molecule has 0 atom stereocenters. The number of hydrogen-bond acceptors (Lipinski definition) is 3. The molecule has 3 aromatic rings. The SMILES string of the molecule is COc1ccc[c]c1Nc1ccc2[nH]ncc2c1. The average Bonchev–Trinajstić information content (AvgIpc) is 2.87. The maximum Gasteiger partial charge on any atom is 0.142 e. The van der Waals surface area contributed by atoms with E-state index in [1.54, 1.807) is 13.3 Å². The second-order valence-electron chi connectivity index (χ2n) is 3.91. The van der Waals surface area contributed by atoms with Crippen molar-refractivity contribution in [2.24, 2.45) is 0 Å².